The van der Waals surface area contributed by atoms with Gasteiger partial charge in [0.1, 0.15) is 35.6 Å². The lowest BCUT2D eigenvalue weighted by molar-refractivity contribution is -0.142. The van der Waals surface area contributed by atoms with Gasteiger partial charge in [-0.2, -0.15) is 0 Å². The Morgan fingerprint density at radius 3 is 1.64 bits per heavy atom. The van der Waals surface area contributed by atoms with Gasteiger partial charge in [0.15, 0.2) is 5.78 Å². The van der Waals surface area contributed by atoms with E-state index < -0.39 is 17.9 Å². The van der Waals surface area contributed by atoms with E-state index in [1.165, 1.54) is 11.1 Å². The number of carbonyl (C=O) groups is 5. The minimum Gasteiger partial charge on any atom is -0.480 e. The predicted octanol–water partition coefficient (Wildman–Crippen LogP) is 8.93. The summed E-state index contributed by atoms with van der Waals surface area (Å²) in [5.74, 6) is -0.157. The number of ether oxygens (including phenoxy) is 4. The molecule has 0 aliphatic rings. The molecule has 0 saturated carbocycles. The zero-order chi connectivity index (χ0) is 46.5. The molecule has 0 saturated heterocycles. The molecule has 1 unspecified atom stereocenters. The fourth-order valence-electron chi connectivity index (χ4n) is 6.43. The molecule has 4 N–H and O–H groups in total. The Kier molecular flexibility index (Phi) is 20.0. The van der Waals surface area contributed by atoms with E-state index in [9.17, 15) is 29.1 Å². The minimum atomic E-state index is -1.16. The van der Waals surface area contributed by atoms with Gasteiger partial charge in [-0.1, -0.05) is 77.9 Å². The highest BCUT2D eigenvalue weighted by molar-refractivity contribution is 5.97. The van der Waals surface area contributed by atoms with Crippen molar-refractivity contribution in [3.63, 3.8) is 0 Å². The molecule has 0 heterocycles. The molecule has 344 valence electrons. The first-order chi connectivity index (χ1) is 30.6. The third kappa shape index (κ3) is 16.9. The summed E-state index contributed by atoms with van der Waals surface area (Å²) >= 11 is 0. The maximum Gasteiger partial charge on any atom is 0.326 e. The molecule has 0 fully saturated rings. The monoisotopic (exact) mass is 879 g/mol. The van der Waals surface area contributed by atoms with Crippen LogP contribution < -0.4 is 25.4 Å². The Morgan fingerprint density at radius 1 is 0.609 bits per heavy atom. The molecule has 0 aromatic heterocycles. The van der Waals surface area contributed by atoms with Gasteiger partial charge in [-0.05, 0) is 121 Å². The van der Waals surface area contributed by atoms with E-state index >= 15 is 0 Å². The number of rotatable bonds is 28. The maximum atomic E-state index is 12.8. The smallest absolute Gasteiger partial charge is 0.326 e. The fourth-order valence-corrected chi connectivity index (χ4v) is 6.43. The quantitative estimate of drug-likeness (QED) is 0.0403. The van der Waals surface area contributed by atoms with Crippen LogP contribution in [0, 0.1) is 0 Å². The first kappa shape index (κ1) is 50.6. The topological polar surface area (TPSA) is 179 Å². The average Bonchev–Trinajstić information content (AvgIpc) is 3.29. The van der Waals surface area contributed by atoms with Gasteiger partial charge in [0.25, 0.3) is 11.8 Å². The van der Waals surface area contributed by atoms with Crippen LogP contribution in [0.15, 0.2) is 97.1 Å². The van der Waals surface area contributed by atoms with E-state index in [1.807, 2.05) is 36.4 Å². The standard InChI is InChI=1S/C51H65N3O10/c1-7-50(3,4)38-20-24-41(25-21-38)63-43-17-11-14-36(32-43)47(57)52-28-10-9-19-45(49(59)60)54-46(56)35-62-31-30-61-29-13-16-40(55)34-53-48(58)37-15-12-18-44(33-37)64-42-26-22-39(23-27-42)51(5,6)8-2/h11-12,14-15,17-18,20-27,32-33,45H,7-10,13,16,19,28-31,34-35H2,1-6H3,(H,52,57)(H,53,58)(H,54,56)(H,59,60). The van der Waals surface area contributed by atoms with E-state index in [2.05, 4.69) is 69.6 Å². The van der Waals surface area contributed by atoms with Gasteiger partial charge >= 0.3 is 5.97 Å². The molecule has 0 aliphatic heterocycles. The van der Waals surface area contributed by atoms with Gasteiger partial charge in [0.2, 0.25) is 5.91 Å². The van der Waals surface area contributed by atoms with Crippen LogP contribution in [-0.2, 0) is 34.7 Å². The van der Waals surface area contributed by atoms with Gasteiger partial charge in [-0.15, -0.1) is 0 Å². The molecule has 13 heteroatoms. The van der Waals surface area contributed by atoms with Gasteiger partial charge in [0.05, 0.1) is 19.8 Å². The minimum absolute atomic E-state index is 0.0674. The molecule has 0 radical (unpaired) electrons. The van der Waals surface area contributed by atoms with Gasteiger partial charge in [-0.3, -0.25) is 19.2 Å². The number of benzene rings is 4. The largest absolute Gasteiger partial charge is 0.480 e. The summed E-state index contributed by atoms with van der Waals surface area (Å²) in [7, 11) is 0. The van der Waals surface area contributed by atoms with Crippen molar-refractivity contribution in [3.05, 3.63) is 119 Å². The lowest BCUT2D eigenvalue weighted by atomic mass is 9.82. The summed E-state index contributed by atoms with van der Waals surface area (Å²) in [4.78, 5) is 62.1. The van der Waals surface area contributed by atoms with E-state index in [-0.39, 0.29) is 74.2 Å². The molecule has 4 aromatic rings. The van der Waals surface area contributed by atoms with Crippen molar-refractivity contribution >= 4 is 29.5 Å². The molecule has 0 spiro atoms. The molecule has 0 aliphatic carbocycles. The number of carboxylic acid groups (broad SMARTS) is 1. The van der Waals surface area contributed by atoms with E-state index in [0.717, 1.165) is 12.8 Å². The molecular formula is C51H65N3O10. The summed E-state index contributed by atoms with van der Waals surface area (Å²) in [5.41, 5.74) is 3.40. The van der Waals surface area contributed by atoms with Crippen LogP contribution >= 0.6 is 0 Å². The molecule has 0 bridgehead atoms. The number of nitrogens with one attached hydrogen (secondary N) is 3. The van der Waals surface area contributed by atoms with E-state index in [4.69, 9.17) is 18.9 Å². The first-order valence-electron chi connectivity index (χ1n) is 22.1. The number of unbranched alkanes of at least 4 members (excludes halogenated alkanes) is 1. The summed E-state index contributed by atoms with van der Waals surface area (Å²) in [5, 5.41) is 17.6. The predicted molar refractivity (Wildman–Crippen MR) is 247 cm³/mol. The number of amides is 3. The van der Waals surface area contributed by atoms with Crippen LogP contribution in [0.4, 0.5) is 0 Å². The molecule has 4 rings (SSSR count). The highest BCUT2D eigenvalue weighted by Crippen LogP contribution is 2.31. The highest BCUT2D eigenvalue weighted by Gasteiger charge is 2.21. The highest BCUT2D eigenvalue weighted by atomic mass is 16.5. The molecule has 13 nitrogen and oxygen atoms in total. The van der Waals surface area contributed by atoms with Crippen molar-refractivity contribution in [2.75, 3.05) is 39.5 Å². The van der Waals surface area contributed by atoms with E-state index in [1.54, 1.807) is 48.5 Å². The van der Waals surface area contributed by atoms with E-state index in [0.29, 0.717) is 59.9 Å². The number of Topliss-reactive ketones (excluding diaryl/α,β-unsaturated/α-hetero) is 1. The number of hydrogen-bond acceptors (Lipinski definition) is 9. The summed E-state index contributed by atoms with van der Waals surface area (Å²) in [6.45, 7) is 13.5. The Morgan fingerprint density at radius 2 is 1.12 bits per heavy atom. The second-order valence-electron chi connectivity index (χ2n) is 17.0. The number of aliphatic carboxylic acids is 1. The van der Waals surface area contributed by atoms with Crippen LogP contribution in [0.2, 0.25) is 0 Å². The molecule has 4 aromatic carbocycles. The van der Waals surface area contributed by atoms with Crippen molar-refractivity contribution in [1.29, 1.82) is 0 Å². The zero-order valence-corrected chi connectivity index (χ0v) is 38.1. The fraction of sp³-hybridized carbons (Fsp3) is 0.431. The second-order valence-corrected chi connectivity index (χ2v) is 17.0. The van der Waals surface area contributed by atoms with Crippen molar-refractivity contribution in [2.24, 2.45) is 0 Å². The number of carbonyl (C=O) groups excluding carboxylic acids is 4. The zero-order valence-electron chi connectivity index (χ0n) is 38.1. The summed E-state index contributed by atoms with van der Waals surface area (Å²) in [6, 6.07) is 28.4. The van der Waals surface area contributed by atoms with Gasteiger partial charge < -0.3 is 40.0 Å². The molecular weight excluding hydrogens is 815 g/mol. The average molecular weight is 880 g/mol. The Balaban J connectivity index is 1.03. The third-order valence-corrected chi connectivity index (χ3v) is 11.3. The second kappa shape index (κ2) is 25.3. The SMILES string of the molecule is CCC(C)(C)c1ccc(Oc2cccc(C(=O)NCCCCC(NC(=O)COCCOCCCC(=O)CNC(=O)c3cccc(Oc4ccc(C(C)(C)CC)cc4)c3)C(=O)O)c2)cc1. The van der Waals surface area contributed by atoms with Crippen LogP contribution in [0.5, 0.6) is 23.0 Å². The van der Waals surface area contributed by atoms with Crippen LogP contribution in [0.25, 0.3) is 0 Å². The van der Waals surface area contributed by atoms with Crippen molar-refractivity contribution in [1.82, 2.24) is 16.0 Å². The van der Waals surface area contributed by atoms with Crippen LogP contribution in [-0.4, -0.2) is 80.1 Å². The van der Waals surface area contributed by atoms with Crippen LogP contribution in [0.1, 0.15) is 118 Å². The third-order valence-electron chi connectivity index (χ3n) is 11.3. The summed E-state index contributed by atoms with van der Waals surface area (Å²) in [6.07, 6.45) is 3.81. The Labute approximate surface area is 377 Å². The normalized spacial score (nSPS) is 11.9. The number of hydrogen-bond donors (Lipinski definition) is 4. The maximum absolute atomic E-state index is 12.8. The number of ketones is 1. The lowest BCUT2D eigenvalue weighted by Crippen LogP contribution is -2.42. The van der Waals surface area contributed by atoms with Crippen molar-refractivity contribution < 1.29 is 48.0 Å². The molecule has 64 heavy (non-hydrogen) atoms. The first-order valence-corrected chi connectivity index (χ1v) is 22.1. The van der Waals surface area contributed by atoms with Crippen molar-refractivity contribution in [2.45, 2.75) is 103 Å². The lowest BCUT2D eigenvalue weighted by Gasteiger charge is -2.23. The van der Waals surface area contributed by atoms with Gasteiger partial charge in [-0.25, -0.2) is 4.79 Å². The van der Waals surface area contributed by atoms with Crippen molar-refractivity contribution in [3.8, 4) is 23.0 Å². The Hall–Kier alpha value is -6.05. The summed E-state index contributed by atoms with van der Waals surface area (Å²) < 4.78 is 22.8. The number of carboxylic acids is 1. The molecule has 3 amide bonds. The van der Waals surface area contributed by atoms with Crippen LogP contribution in [0.3, 0.4) is 0 Å². The Bertz CT molecular complexity index is 2130. The van der Waals surface area contributed by atoms with Gasteiger partial charge in [0, 0.05) is 30.7 Å². The molecule has 1 atom stereocenters.